The van der Waals surface area contributed by atoms with Gasteiger partial charge in [-0.2, -0.15) is 5.10 Å². The Morgan fingerprint density at radius 1 is 1.48 bits per heavy atom. The summed E-state index contributed by atoms with van der Waals surface area (Å²) in [7, 11) is -2.14. The highest BCUT2D eigenvalue weighted by Gasteiger charge is 2.23. The van der Waals surface area contributed by atoms with Gasteiger partial charge in [0, 0.05) is 19.6 Å². The number of nitrogens with two attached hydrogens (primary N) is 1. The smallest absolute Gasteiger partial charge is 0.259 e. The van der Waals surface area contributed by atoms with Gasteiger partial charge in [0.15, 0.2) is 5.03 Å². The molecule has 1 aliphatic carbocycles. The van der Waals surface area contributed by atoms with Gasteiger partial charge in [-0.15, -0.1) is 0 Å². The highest BCUT2D eigenvalue weighted by molar-refractivity contribution is 7.89. The molecule has 1 heterocycles. The molecule has 7 nitrogen and oxygen atoms in total. The van der Waals surface area contributed by atoms with E-state index in [1.807, 2.05) is 0 Å². The topological polar surface area (TPSA) is 99.2 Å². The predicted molar refractivity (Wildman–Crippen MR) is 79.6 cm³/mol. The van der Waals surface area contributed by atoms with Gasteiger partial charge in [0.05, 0.1) is 23.9 Å². The van der Waals surface area contributed by atoms with Crippen LogP contribution in [0, 0.1) is 0 Å². The van der Waals surface area contributed by atoms with Crippen LogP contribution >= 0.6 is 11.6 Å². The van der Waals surface area contributed by atoms with E-state index in [4.69, 9.17) is 22.1 Å². The lowest BCUT2D eigenvalue weighted by Gasteiger charge is -2.26. The van der Waals surface area contributed by atoms with E-state index in [2.05, 4.69) is 9.82 Å². The molecule has 0 bridgehead atoms. The van der Waals surface area contributed by atoms with Crippen LogP contribution in [0.15, 0.2) is 11.2 Å². The first-order valence-corrected chi connectivity index (χ1v) is 8.80. The van der Waals surface area contributed by atoms with Gasteiger partial charge in [-0.05, 0) is 25.7 Å². The minimum atomic E-state index is -3.67. The first kappa shape index (κ1) is 16.7. The maximum atomic E-state index is 12.1. The zero-order valence-electron chi connectivity index (χ0n) is 12.0. The molecule has 21 heavy (non-hydrogen) atoms. The number of nitrogens with one attached hydrogen (secondary N) is 1. The van der Waals surface area contributed by atoms with Crippen molar-refractivity contribution in [3.05, 3.63) is 11.2 Å². The molecule has 2 rings (SSSR count). The average Bonchev–Trinajstić information content (AvgIpc) is 2.77. The molecule has 0 unspecified atom stereocenters. The van der Waals surface area contributed by atoms with E-state index in [1.54, 1.807) is 0 Å². The van der Waals surface area contributed by atoms with Crippen LogP contribution < -0.4 is 10.5 Å². The Bertz CT molecular complexity index is 548. The number of hydrogen-bond acceptors (Lipinski definition) is 5. The van der Waals surface area contributed by atoms with Crippen LogP contribution in [0.5, 0.6) is 0 Å². The number of aromatic nitrogens is 2. The van der Waals surface area contributed by atoms with Crippen molar-refractivity contribution in [3.8, 4) is 0 Å². The first-order chi connectivity index (χ1) is 9.90. The van der Waals surface area contributed by atoms with E-state index >= 15 is 0 Å². The molecule has 3 N–H and O–H groups in total. The quantitative estimate of drug-likeness (QED) is 0.743. The Morgan fingerprint density at radius 2 is 2.14 bits per heavy atom. The van der Waals surface area contributed by atoms with Gasteiger partial charge < -0.3 is 10.5 Å². The third-order valence-electron chi connectivity index (χ3n) is 3.56. The average molecular weight is 337 g/mol. The molecule has 1 fully saturated rings. The number of halogens is 1. The molecule has 0 saturated heterocycles. The molecule has 120 valence electrons. The SMILES string of the molecule is Cn1ncc(Cl)c1S(=O)(=O)NCCOC1CCC(N)CC1. The lowest BCUT2D eigenvalue weighted by atomic mass is 9.94. The zero-order valence-corrected chi connectivity index (χ0v) is 13.5. The number of rotatable bonds is 6. The van der Waals surface area contributed by atoms with Crippen LogP contribution in [0.4, 0.5) is 0 Å². The fraction of sp³-hybridized carbons (Fsp3) is 0.750. The van der Waals surface area contributed by atoms with Crippen LogP contribution in [0.3, 0.4) is 0 Å². The lowest BCUT2D eigenvalue weighted by Crippen LogP contribution is -2.33. The maximum Gasteiger partial charge on any atom is 0.259 e. The Labute approximate surface area is 129 Å². The molecule has 1 aromatic heterocycles. The molecule has 1 saturated carbocycles. The lowest BCUT2D eigenvalue weighted by molar-refractivity contribution is 0.0287. The summed E-state index contributed by atoms with van der Waals surface area (Å²) in [5.41, 5.74) is 5.82. The minimum absolute atomic E-state index is 0.0344. The van der Waals surface area contributed by atoms with Crippen LogP contribution in [0.25, 0.3) is 0 Å². The number of aryl methyl sites for hydroxylation is 1. The van der Waals surface area contributed by atoms with Gasteiger partial charge in [-0.1, -0.05) is 11.6 Å². The highest BCUT2D eigenvalue weighted by atomic mass is 35.5. The molecule has 0 atom stereocenters. The number of sulfonamides is 1. The predicted octanol–water partition coefficient (Wildman–Crippen LogP) is 0.638. The molecular formula is C12H21ClN4O3S. The second-order valence-corrected chi connectivity index (χ2v) is 7.32. The summed E-state index contributed by atoms with van der Waals surface area (Å²) in [5.74, 6) is 0. The van der Waals surface area contributed by atoms with Crippen LogP contribution in [-0.4, -0.2) is 43.5 Å². The molecular weight excluding hydrogens is 316 g/mol. The van der Waals surface area contributed by atoms with Gasteiger partial charge in [-0.25, -0.2) is 13.1 Å². The fourth-order valence-electron chi connectivity index (χ4n) is 2.43. The van der Waals surface area contributed by atoms with Gasteiger partial charge >= 0.3 is 0 Å². The van der Waals surface area contributed by atoms with Crippen LogP contribution in [0.1, 0.15) is 25.7 Å². The summed E-state index contributed by atoms with van der Waals surface area (Å²) in [6.45, 7) is 0.529. The Hall–Kier alpha value is -0.670. The van der Waals surface area contributed by atoms with Gasteiger partial charge in [0.2, 0.25) is 0 Å². The molecule has 0 radical (unpaired) electrons. The zero-order chi connectivity index (χ0) is 15.5. The summed E-state index contributed by atoms with van der Waals surface area (Å²) in [4.78, 5) is 0. The fourth-order valence-corrected chi connectivity index (χ4v) is 4.09. The van der Waals surface area contributed by atoms with E-state index in [0.29, 0.717) is 6.61 Å². The monoisotopic (exact) mass is 336 g/mol. The van der Waals surface area contributed by atoms with E-state index in [1.165, 1.54) is 17.9 Å². The van der Waals surface area contributed by atoms with E-state index < -0.39 is 10.0 Å². The summed E-state index contributed by atoms with van der Waals surface area (Å²) in [5, 5.41) is 3.88. The summed E-state index contributed by atoms with van der Waals surface area (Å²) in [6, 6.07) is 0.273. The van der Waals surface area contributed by atoms with Gasteiger partial charge in [0.25, 0.3) is 10.0 Å². The van der Waals surface area contributed by atoms with E-state index in [-0.39, 0.29) is 28.7 Å². The summed E-state index contributed by atoms with van der Waals surface area (Å²) in [6.07, 6.45) is 5.26. The number of ether oxygens (including phenoxy) is 1. The first-order valence-electron chi connectivity index (χ1n) is 6.94. The van der Waals surface area contributed by atoms with Gasteiger partial charge in [0.1, 0.15) is 0 Å². The van der Waals surface area contributed by atoms with Crippen molar-refractivity contribution in [1.82, 2.24) is 14.5 Å². The Kier molecular flexibility index (Phi) is 5.61. The minimum Gasteiger partial charge on any atom is -0.377 e. The third kappa shape index (κ3) is 4.40. The molecule has 0 aliphatic heterocycles. The third-order valence-corrected chi connectivity index (χ3v) is 5.53. The van der Waals surface area contributed by atoms with E-state index in [9.17, 15) is 8.42 Å². The highest BCUT2D eigenvalue weighted by Crippen LogP contribution is 2.20. The molecule has 1 aromatic rings. The molecule has 0 aromatic carbocycles. The molecule has 9 heteroatoms. The molecule has 0 spiro atoms. The van der Waals surface area contributed by atoms with Crippen molar-refractivity contribution in [3.63, 3.8) is 0 Å². The number of nitrogens with zero attached hydrogens (tertiary/aromatic N) is 2. The van der Waals surface area contributed by atoms with Crippen LogP contribution in [0.2, 0.25) is 5.02 Å². The normalized spacial score (nSPS) is 23.4. The van der Waals surface area contributed by atoms with Crippen molar-refractivity contribution < 1.29 is 13.2 Å². The van der Waals surface area contributed by atoms with Gasteiger partial charge in [-0.3, -0.25) is 4.68 Å². The Balaban J connectivity index is 1.78. The number of hydrogen-bond donors (Lipinski definition) is 2. The van der Waals surface area contributed by atoms with Crippen molar-refractivity contribution in [2.45, 2.75) is 42.9 Å². The maximum absolute atomic E-state index is 12.1. The molecule has 0 amide bonds. The second kappa shape index (κ2) is 7.06. The summed E-state index contributed by atoms with van der Waals surface area (Å²) < 4.78 is 33.6. The largest absolute Gasteiger partial charge is 0.377 e. The standard InChI is InChI=1S/C12H21ClN4O3S/c1-17-12(11(13)8-15-17)21(18,19)16-6-7-20-10-4-2-9(14)3-5-10/h8-10,16H,2-7,14H2,1H3. The van der Waals surface area contributed by atoms with Crippen LogP contribution in [-0.2, 0) is 21.8 Å². The molecule has 1 aliphatic rings. The van der Waals surface area contributed by atoms with Crippen molar-refractivity contribution in [2.75, 3.05) is 13.2 Å². The van der Waals surface area contributed by atoms with Crippen molar-refractivity contribution >= 4 is 21.6 Å². The van der Waals surface area contributed by atoms with E-state index in [0.717, 1.165) is 25.7 Å². The van der Waals surface area contributed by atoms with Crippen molar-refractivity contribution in [1.29, 1.82) is 0 Å². The second-order valence-electron chi connectivity index (χ2n) is 5.23. The summed E-state index contributed by atoms with van der Waals surface area (Å²) >= 11 is 5.83. The Morgan fingerprint density at radius 3 is 2.71 bits per heavy atom. The van der Waals surface area contributed by atoms with Crippen molar-refractivity contribution in [2.24, 2.45) is 12.8 Å².